The lowest BCUT2D eigenvalue weighted by Gasteiger charge is -2.33. The summed E-state index contributed by atoms with van der Waals surface area (Å²) >= 11 is 10.2. The Kier molecular flexibility index (Phi) is 15.6. The minimum Gasteiger partial charge on any atom is -0.481 e. The molecule has 11 rings (SSSR count). The molecule has 0 spiro atoms. The number of halogens is 3. The molecule has 4 aliphatic rings. The number of amidine groups is 2. The topological polar surface area (TPSA) is 142 Å². The molecule has 0 aliphatic carbocycles. The third-order valence-corrected chi connectivity index (χ3v) is 12.2. The lowest BCUT2D eigenvalue weighted by Crippen LogP contribution is -2.43. The van der Waals surface area contributed by atoms with Gasteiger partial charge in [-0.2, -0.15) is 0 Å². The molecule has 11 nitrogen and oxygen atoms in total. The number of hydrogen-bond donors (Lipinski definition) is 3. The van der Waals surface area contributed by atoms with Crippen molar-refractivity contribution in [3.63, 3.8) is 0 Å². The van der Waals surface area contributed by atoms with Gasteiger partial charge in [0.2, 0.25) is 0 Å². The van der Waals surface area contributed by atoms with E-state index in [-0.39, 0.29) is 12.0 Å². The highest BCUT2D eigenvalue weighted by Gasteiger charge is 2.49. The minimum absolute atomic E-state index is 0.238. The zero-order valence-electron chi connectivity index (χ0n) is 35.5. The molecule has 14 heteroatoms. The van der Waals surface area contributed by atoms with Crippen molar-refractivity contribution in [3.05, 3.63) is 216 Å². The van der Waals surface area contributed by atoms with Crippen molar-refractivity contribution >= 4 is 71.4 Å². The van der Waals surface area contributed by atoms with Crippen molar-refractivity contribution in [1.82, 2.24) is 19.8 Å². The highest BCUT2D eigenvalue weighted by atomic mass is 79.9. The van der Waals surface area contributed by atoms with E-state index < -0.39 is 11.7 Å². The number of fused-ring (bicyclic) bond motifs is 6. The Balaban J connectivity index is 0.000000130. The summed E-state index contributed by atoms with van der Waals surface area (Å²) in [7, 11) is 1.37. The number of carbonyl (C=O) groups excluding carboxylic acids is 1. The molecule has 2 unspecified atom stereocenters. The Hall–Kier alpha value is -6.19. The Morgan fingerprint density at radius 1 is 0.738 bits per heavy atom. The number of aliphatic carboxylic acids is 1. The Labute approximate surface area is 403 Å². The number of aliphatic hydroxyl groups is 1. The second-order valence-corrected chi connectivity index (χ2v) is 17.6. The molecular weight excluding hydrogens is 1020 g/mol. The van der Waals surface area contributed by atoms with Crippen molar-refractivity contribution in [2.24, 2.45) is 9.98 Å². The van der Waals surface area contributed by atoms with E-state index in [0.717, 1.165) is 80.7 Å². The van der Waals surface area contributed by atoms with Crippen LogP contribution in [0.1, 0.15) is 56.7 Å². The van der Waals surface area contributed by atoms with Crippen molar-refractivity contribution in [1.29, 1.82) is 0 Å². The SMILES string of the molecule is Brc1ccc(C2c3ccccc3-c3nccn32)cc1.CC(=O)O.COC(=O)c1ccc(Br)cc1.OC1(c2ccc(Br)cc2)c2ccccc2C2=NCCN21.c1ccc(C2=NCCN2)cc1. The van der Waals surface area contributed by atoms with Crippen LogP contribution >= 0.6 is 47.8 Å². The number of nitrogens with zero attached hydrogens (tertiary/aromatic N) is 5. The van der Waals surface area contributed by atoms with Crippen molar-refractivity contribution in [2.45, 2.75) is 18.7 Å². The molecule has 0 fully saturated rings. The maximum absolute atomic E-state index is 11.4. The fourth-order valence-electron chi connectivity index (χ4n) is 7.81. The molecule has 2 atom stereocenters. The van der Waals surface area contributed by atoms with E-state index in [1.54, 1.807) is 24.3 Å². The molecule has 330 valence electrons. The van der Waals surface area contributed by atoms with Gasteiger partial charge in [0.05, 0.1) is 31.8 Å². The highest BCUT2D eigenvalue weighted by molar-refractivity contribution is 9.11. The van der Waals surface area contributed by atoms with E-state index in [2.05, 4.69) is 144 Å². The Morgan fingerprint density at radius 2 is 1.32 bits per heavy atom. The first-order chi connectivity index (χ1) is 31.5. The second kappa shape index (κ2) is 21.7. The summed E-state index contributed by atoms with van der Waals surface area (Å²) < 4.78 is 9.83. The maximum Gasteiger partial charge on any atom is 0.337 e. The van der Waals surface area contributed by atoms with Gasteiger partial charge in [-0.15, -0.1) is 0 Å². The smallest absolute Gasteiger partial charge is 0.337 e. The number of benzene rings is 6. The van der Waals surface area contributed by atoms with Gasteiger partial charge in [-0.3, -0.25) is 14.8 Å². The quantitative estimate of drug-likeness (QED) is 0.148. The number of nitrogens with one attached hydrogen (secondary N) is 1. The number of esters is 1. The number of rotatable bonds is 4. The Bertz CT molecular complexity index is 2800. The first-order valence-corrected chi connectivity index (χ1v) is 23.0. The highest BCUT2D eigenvalue weighted by Crippen LogP contribution is 2.44. The van der Waals surface area contributed by atoms with Crippen LogP contribution in [0.2, 0.25) is 0 Å². The standard InChI is InChI=1S/C16H13BrN2O.C16H11BrN2.C9H10N2.C8H7BrO2.C2H4O2/c17-12-7-5-11(6-8-12)16(20)14-4-2-1-3-13(14)15-18-9-10-19(15)16;17-12-7-5-11(6-8-12)15-13-3-1-2-4-14(13)16-18-9-10-19(15)16;1-2-4-8(5-3-1)9-10-6-7-11-9;1-11-8(10)6-2-4-7(9)5-3-6;1-2(3)4/h1-8,20H,9-10H2;1-10,15H;1-5H,6-7H2,(H,10,11);2-5H,1H3;1H3,(H,3,4). The average molecular weight is 1060 g/mol. The predicted molar refractivity (Wildman–Crippen MR) is 265 cm³/mol. The van der Waals surface area contributed by atoms with Gasteiger partial charge < -0.3 is 29.7 Å². The van der Waals surface area contributed by atoms with Crippen LogP contribution in [0.15, 0.2) is 187 Å². The summed E-state index contributed by atoms with van der Waals surface area (Å²) in [6, 6.07) is 50.3. The molecule has 4 aliphatic heterocycles. The molecule has 0 radical (unpaired) electrons. The van der Waals surface area contributed by atoms with Crippen LogP contribution in [0.3, 0.4) is 0 Å². The predicted octanol–water partition coefficient (Wildman–Crippen LogP) is 10.3. The number of hydrogen-bond acceptors (Lipinski definition) is 9. The van der Waals surface area contributed by atoms with E-state index in [9.17, 15) is 9.90 Å². The molecule has 3 N–H and O–H groups in total. The third-order valence-electron chi connectivity index (χ3n) is 10.6. The van der Waals surface area contributed by atoms with Gasteiger partial charge in [0.15, 0.2) is 5.72 Å². The van der Waals surface area contributed by atoms with Gasteiger partial charge >= 0.3 is 5.97 Å². The van der Waals surface area contributed by atoms with Gasteiger partial charge in [-0.1, -0.05) is 151 Å². The molecule has 65 heavy (non-hydrogen) atoms. The molecule has 7 aromatic rings. The van der Waals surface area contributed by atoms with Crippen LogP contribution in [0.5, 0.6) is 0 Å². The summed E-state index contributed by atoms with van der Waals surface area (Å²) in [5.74, 6) is 1.86. The van der Waals surface area contributed by atoms with Crippen molar-refractivity contribution in [2.75, 3.05) is 33.3 Å². The number of carbonyl (C=O) groups is 2. The number of methoxy groups -OCH3 is 1. The molecule has 5 heterocycles. The zero-order valence-corrected chi connectivity index (χ0v) is 40.2. The lowest BCUT2D eigenvalue weighted by molar-refractivity contribution is -0.134. The molecule has 0 saturated heterocycles. The molecular formula is C51H45Br3N6O5. The van der Waals surface area contributed by atoms with Crippen LogP contribution in [-0.2, 0) is 15.3 Å². The fraction of sp³-hybridized carbons (Fsp3) is 0.157. The molecule has 0 saturated carbocycles. The first-order valence-electron chi connectivity index (χ1n) is 20.6. The maximum atomic E-state index is 11.4. The lowest BCUT2D eigenvalue weighted by atomic mass is 9.94. The summed E-state index contributed by atoms with van der Waals surface area (Å²) in [6.07, 6.45) is 3.93. The van der Waals surface area contributed by atoms with E-state index in [4.69, 9.17) is 9.90 Å². The van der Waals surface area contributed by atoms with E-state index >= 15 is 0 Å². The molecule has 0 amide bonds. The molecule has 6 aromatic carbocycles. The normalized spacial score (nSPS) is 16.6. The minimum atomic E-state index is -1.10. The van der Waals surface area contributed by atoms with Crippen LogP contribution in [0.4, 0.5) is 0 Å². The summed E-state index contributed by atoms with van der Waals surface area (Å²) in [5, 5.41) is 22.0. The molecule has 0 bridgehead atoms. The van der Waals surface area contributed by atoms with Gasteiger partial charge in [-0.25, -0.2) is 9.78 Å². The summed E-state index contributed by atoms with van der Waals surface area (Å²) in [5.41, 5.74) is 7.32. The van der Waals surface area contributed by atoms with Crippen molar-refractivity contribution < 1.29 is 24.5 Å². The number of aliphatic imine (C=N–C) groups is 2. The summed E-state index contributed by atoms with van der Waals surface area (Å²) in [4.78, 5) is 35.2. The van der Waals surface area contributed by atoms with Crippen LogP contribution in [0.25, 0.3) is 11.4 Å². The van der Waals surface area contributed by atoms with E-state index in [1.165, 1.54) is 29.4 Å². The van der Waals surface area contributed by atoms with Crippen LogP contribution in [-0.4, -0.2) is 81.6 Å². The zero-order chi connectivity index (χ0) is 45.9. The van der Waals surface area contributed by atoms with Gasteiger partial charge in [0.1, 0.15) is 17.5 Å². The number of carboxylic acid groups (broad SMARTS) is 1. The van der Waals surface area contributed by atoms with Gasteiger partial charge in [0, 0.05) is 73.6 Å². The number of aromatic nitrogens is 2. The van der Waals surface area contributed by atoms with Crippen molar-refractivity contribution in [3.8, 4) is 11.4 Å². The second-order valence-electron chi connectivity index (χ2n) is 14.8. The fourth-order valence-corrected chi connectivity index (χ4v) is 8.60. The van der Waals surface area contributed by atoms with E-state index in [0.29, 0.717) is 5.56 Å². The Morgan fingerprint density at radius 3 is 1.95 bits per heavy atom. The summed E-state index contributed by atoms with van der Waals surface area (Å²) in [6.45, 7) is 4.45. The number of imidazole rings is 1. The third kappa shape index (κ3) is 10.9. The largest absolute Gasteiger partial charge is 0.481 e. The first kappa shape index (κ1) is 46.8. The van der Waals surface area contributed by atoms with Gasteiger partial charge in [0.25, 0.3) is 5.97 Å². The average Bonchev–Trinajstić information content (AvgIpc) is 4.19. The van der Waals surface area contributed by atoms with E-state index in [1.807, 2.05) is 77.8 Å². The van der Waals surface area contributed by atoms with Crippen LogP contribution in [0, 0.1) is 0 Å². The number of ether oxygens (including phenoxy) is 1. The van der Waals surface area contributed by atoms with Crippen LogP contribution < -0.4 is 5.32 Å². The monoisotopic (exact) mass is 1060 g/mol. The van der Waals surface area contributed by atoms with Gasteiger partial charge in [-0.05, 0) is 59.7 Å². The number of carboxylic acids is 1. The molecule has 1 aromatic heterocycles.